The monoisotopic (exact) mass is 655 g/mol. The summed E-state index contributed by atoms with van der Waals surface area (Å²) >= 11 is 12.9. The van der Waals surface area contributed by atoms with Crippen LogP contribution in [0.3, 0.4) is 0 Å². The van der Waals surface area contributed by atoms with Gasteiger partial charge in [0.25, 0.3) is 0 Å². The quantitative estimate of drug-likeness (QED) is 0.321. The first-order valence-electron chi connectivity index (χ1n) is 16.5. The van der Waals surface area contributed by atoms with E-state index >= 15 is 9.18 Å². The highest BCUT2D eigenvalue weighted by molar-refractivity contribution is 6.31. The third-order valence-corrected chi connectivity index (χ3v) is 12.6. The number of hydrogen-bond acceptors (Lipinski definition) is 4. The van der Waals surface area contributed by atoms with Crippen LogP contribution < -0.4 is 10.6 Å². The SMILES string of the molecule is CCN1[C@@H](C(=O)NC23CCCC(C2)C(C(=O)O)CC3)[C@H](c2cccc(Cl)c2F)[C@]2(C(=O)Nc3cc(Cl)ccc32)C12CCCCC2. The lowest BCUT2D eigenvalue weighted by atomic mass is 9.55. The van der Waals surface area contributed by atoms with Gasteiger partial charge in [-0.05, 0) is 86.7 Å². The second-order valence-corrected chi connectivity index (χ2v) is 14.8. The van der Waals surface area contributed by atoms with Crippen molar-refractivity contribution < 1.29 is 23.9 Å². The Kier molecular flexibility index (Phi) is 7.73. The highest BCUT2D eigenvalue weighted by Crippen LogP contribution is 2.66. The average molecular weight is 657 g/mol. The van der Waals surface area contributed by atoms with Crippen molar-refractivity contribution in [1.29, 1.82) is 0 Å². The molecule has 3 saturated carbocycles. The van der Waals surface area contributed by atoms with Crippen molar-refractivity contribution >= 4 is 46.7 Å². The molecule has 2 bridgehead atoms. The molecule has 3 N–H and O–H groups in total. The van der Waals surface area contributed by atoms with E-state index in [9.17, 15) is 14.7 Å². The number of benzene rings is 2. The number of aliphatic carboxylic acids is 1. The molecule has 5 aliphatic rings. The van der Waals surface area contributed by atoms with E-state index in [1.165, 1.54) is 6.07 Å². The van der Waals surface area contributed by atoms with Gasteiger partial charge in [0.05, 0.1) is 17.0 Å². The molecule has 7 rings (SSSR count). The van der Waals surface area contributed by atoms with Crippen LogP contribution in [0.15, 0.2) is 36.4 Å². The smallest absolute Gasteiger partial charge is 0.306 e. The number of nitrogens with one attached hydrogen (secondary N) is 2. The van der Waals surface area contributed by atoms with Crippen LogP contribution in [0, 0.1) is 17.7 Å². The summed E-state index contributed by atoms with van der Waals surface area (Å²) in [6.07, 6.45) is 8.32. The number of carbonyl (C=O) groups is 3. The zero-order valence-electron chi connectivity index (χ0n) is 25.5. The minimum atomic E-state index is -1.27. The average Bonchev–Trinajstić information content (AvgIpc) is 3.43. The second kappa shape index (κ2) is 11.2. The van der Waals surface area contributed by atoms with Gasteiger partial charge in [0, 0.05) is 27.7 Å². The first-order chi connectivity index (χ1) is 21.6. The molecule has 0 radical (unpaired) electrons. The summed E-state index contributed by atoms with van der Waals surface area (Å²) < 4.78 is 16.4. The van der Waals surface area contributed by atoms with Crippen molar-refractivity contribution in [2.24, 2.45) is 11.8 Å². The highest BCUT2D eigenvalue weighted by Gasteiger charge is 2.75. The molecule has 2 aliphatic heterocycles. The lowest BCUT2D eigenvalue weighted by molar-refractivity contribution is -0.147. The topological polar surface area (TPSA) is 98.7 Å². The summed E-state index contributed by atoms with van der Waals surface area (Å²) in [5.41, 5.74) is -0.947. The maximum Gasteiger partial charge on any atom is 0.306 e. The first kappa shape index (κ1) is 30.9. The Morgan fingerprint density at radius 3 is 2.58 bits per heavy atom. The van der Waals surface area contributed by atoms with Gasteiger partial charge in [-0.15, -0.1) is 0 Å². The lowest BCUT2D eigenvalue weighted by Gasteiger charge is -2.51. The van der Waals surface area contributed by atoms with Crippen LogP contribution in [-0.4, -0.2) is 51.5 Å². The van der Waals surface area contributed by atoms with Crippen LogP contribution in [0.1, 0.15) is 94.6 Å². The van der Waals surface area contributed by atoms with Crippen LogP contribution in [-0.2, 0) is 19.8 Å². The molecule has 6 atom stereocenters. The molecule has 3 aliphatic carbocycles. The Morgan fingerprint density at radius 1 is 1.07 bits per heavy atom. The molecule has 4 fully saturated rings. The van der Waals surface area contributed by atoms with E-state index in [1.807, 2.05) is 13.0 Å². The maximum atomic E-state index is 16.4. The summed E-state index contributed by atoms with van der Waals surface area (Å²) in [6, 6.07) is 9.41. The van der Waals surface area contributed by atoms with E-state index in [0.717, 1.165) is 44.1 Å². The molecule has 7 nitrogen and oxygen atoms in total. The zero-order chi connectivity index (χ0) is 31.7. The summed E-state index contributed by atoms with van der Waals surface area (Å²) in [6.45, 7) is 2.51. The van der Waals surface area contributed by atoms with Crippen molar-refractivity contribution in [3.63, 3.8) is 0 Å². The van der Waals surface area contributed by atoms with Gasteiger partial charge in [0.2, 0.25) is 11.8 Å². The van der Waals surface area contributed by atoms with Gasteiger partial charge in [0.15, 0.2) is 0 Å². The van der Waals surface area contributed by atoms with Crippen LogP contribution in [0.25, 0.3) is 0 Å². The predicted molar refractivity (Wildman–Crippen MR) is 171 cm³/mol. The highest BCUT2D eigenvalue weighted by atomic mass is 35.5. The Hall–Kier alpha value is -2.68. The fourth-order valence-electron chi connectivity index (χ4n) is 10.5. The van der Waals surface area contributed by atoms with Crippen molar-refractivity contribution in [2.75, 3.05) is 11.9 Å². The van der Waals surface area contributed by atoms with Crippen molar-refractivity contribution in [2.45, 2.75) is 106 Å². The standard InChI is InChI=1S/C35H40Cl2FN3O4/c1-2-41-29(30(42)40-33-14-7-8-20(19-33)22(13-17-33)31(43)44)27(23-9-6-10-25(37)28(23)38)35(34(41)15-4-3-5-16-34)24-12-11-21(36)18-26(24)39-32(35)45/h6,9-12,18,20,22,27,29H,2-5,7-8,13-17,19H2,1H3,(H,39,45)(H,40,42)(H,43,44)/t20?,22?,27-,29+,33?,35+/m0/s1. The molecule has 2 heterocycles. The molecule has 45 heavy (non-hydrogen) atoms. The number of likely N-dealkylation sites (tertiary alicyclic amines) is 1. The number of nitrogens with zero attached hydrogens (tertiary/aromatic N) is 1. The van der Waals surface area contributed by atoms with E-state index < -0.39 is 46.2 Å². The Balaban J connectivity index is 1.42. The molecule has 2 aromatic rings. The Labute approximate surface area is 273 Å². The number of carboxylic acids is 1. The molecule has 240 valence electrons. The number of anilines is 1. The minimum Gasteiger partial charge on any atom is -0.481 e. The number of hydrogen-bond donors (Lipinski definition) is 3. The van der Waals surface area contributed by atoms with Crippen LogP contribution in [0.5, 0.6) is 0 Å². The van der Waals surface area contributed by atoms with Gasteiger partial charge in [-0.2, -0.15) is 0 Å². The van der Waals surface area contributed by atoms with Crippen LogP contribution in [0.4, 0.5) is 10.1 Å². The molecule has 2 amide bonds. The zero-order valence-corrected chi connectivity index (χ0v) is 27.0. The summed E-state index contributed by atoms with van der Waals surface area (Å²) in [5, 5.41) is 16.9. The van der Waals surface area contributed by atoms with Gasteiger partial charge in [-0.1, -0.05) is 74.0 Å². The lowest BCUT2D eigenvalue weighted by Crippen LogP contribution is -2.62. The number of carbonyl (C=O) groups excluding carboxylic acids is 2. The summed E-state index contributed by atoms with van der Waals surface area (Å²) in [7, 11) is 0. The van der Waals surface area contributed by atoms with E-state index in [-0.39, 0.29) is 28.3 Å². The predicted octanol–water partition coefficient (Wildman–Crippen LogP) is 7.05. The van der Waals surface area contributed by atoms with Crippen molar-refractivity contribution in [3.05, 3.63) is 63.4 Å². The minimum absolute atomic E-state index is 0.00518. The maximum absolute atomic E-state index is 16.4. The molecule has 10 heteroatoms. The van der Waals surface area contributed by atoms with Gasteiger partial charge in [-0.25, -0.2) is 4.39 Å². The van der Waals surface area contributed by atoms with Gasteiger partial charge >= 0.3 is 5.97 Å². The molecule has 0 aromatic heterocycles. The number of halogens is 3. The van der Waals surface area contributed by atoms with Crippen molar-refractivity contribution in [3.8, 4) is 0 Å². The first-order valence-corrected chi connectivity index (χ1v) is 17.2. The summed E-state index contributed by atoms with van der Waals surface area (Å²) in [5.74, 6) is -3.11. The summed E-state index contributed by atoms with van der Waals surface area (Å²) in [4.78, 5) is 44.0. The van der Waals surface area contributed by atoms with Crippen molar-refractivity contribution in [1.82, 2.24) is 10.2 Å². The molecule has 2 aromatic carbocycles. The molecule has 1 saturated heterocycles. The number of likely N-dealkylation sites (N-methyl/N-ethyl adjacent to an activating group) is 1. The third kappa shape index (κ3) is 4.41. The molecule has 2 spiro atoms. The third-order valence-electron chi connectivity index (χ3n) is 12.1. The van der Waals surface area contributed by atoms with E-state index in [0.29, 0.717) is 49.4 Å². The molecule has 3 unspecified atom stereocenters. The van der Waals surface area contributed by atoms with Gasteiger partial charge < -0.3 is 15.7 Å². The van der Waals surface area contributed by atoms with Crippen LogP contribution in [0.2, 0.25) is 10.0 Å². The van der Waals surface area contributed by atoms with Gasteiger partial charge in [-0.3, -0.25) is 19.3 Å². The normalized spacial score (nSPS) is 33.6. The Bertz CT molecular complexity index is 1560. The van der Waals surface area contributed by atoms with E-state index in [4.69, 9.17) is 23.2 Å². The fraction of sp³-hybridized carbons (Fsp3) is 0.571. The largest absolute Gasteiger partial charge is 0.481 e. The number of fused-ring (bicyclic) bond motifs is 5. The fourth-order valence-corrected chi connectivity index (χ4v) is 10.9. The number of rotatable bonds is 5. The second-order valence-electron chi connectivity index (χ2n) is 14.0. The van der Waals surface area contributed by atoms with E-state index in [1.54, 1.807) is 24.3 Å². The van der Waals surface area contributed by atoms with Gasteiger partial charge in [0.1, 0.15) is 11.2 Å². The Morgan fingerprint density at radius 2 is 1.84 bits per heavy atom. The number of amides is 2. The van der Waals surface area contributed by atoms with Crippen LogP contribution >= 0.6 is 23.2 Å². The molecular weight excluding hydrogens is 616 g/mol. The number of carboxylic acid groups (broad SMARTS) is 1. The molecular formula is C35H40Cl2FN3O4. The van der Waals surface area contributed by atoms with E-state index in [2.05, 4.69) is 15.5 Å².